The van der Waals surface area contributed by atoms with E-state index in [-0.39, 0.29) is 0 Å². The Bertz CT molecular complexity index is 336. The fourth-order valence-corrected chi connectivity index (χ4v) is 2.66. The van der Waals surface area contributed by atoms with Crippen LogP contribution >= 0.6 is 0 Å². The van der Waals surface area contributed by atoms with Crippen LogP contribution in [0.15, 0.2) is 4.52 Å². The summed E-state index contributed by atoms with van der Waals surface area (Å²) < 4.78 is 5.29. The molecule has 2 saturated heterocycles. The Morgan fingerprint density at radius 2 is 2.43 bits per heavy atom. The molecule has 4 nitrogen and oxygen atoms in total. The zero-order valence-electron chi connectivity index (χ0n) is 8.36. The van der Waals surface area contributed by atoms with Crippen LogP contribution in [0.25, 0.3) is 0 Å². The van der Waals surface area contributed by atoms with Crippen LogP contribution in [0, 0.1) is 0 Å². The molecule has 2 aliphatic rings. The van der Waals surface area contributed by atoms with E-state index >= 15 is 0 Å². The molecule has 1 aromatic heterocycles. The predicted octanol–water partition coefficient (Wildman–Crippen LogP) is 1.24. The maximum atomic E-state index is 5.29. The molecule has 1 N–H and O–H groups in total. The maximum absolute atomic E-state index is 5.29. The minimum Gasteiger partial charge on any atom is -0.339 e. The van der Waals surface area contributed by atoms with Crippen LogP contribution in [-0.2, 0) is 6.42 Å². The number of aryl methyl sites for hydroxylation is 1. The van der Waals surface area contributed by atoms with Gasteiger partial charge in [0.15, 0.2) is 5.82 Å². The Hall–Kier alpha value is -0.900. The number of nitrogens with zero attached hydrogens (tertiary/aromatic N) is 2. The molecule has 14 heavy (non-hydrogen) atoms. The van der Waals surface area contributed by atoms with E-state index in [1.807, 2.05) is 6.92 Å². The first-order valence-electron chi connectivity index (χ1n) is 5.45. The zero-order valence-corrected chi connectivity index (χ0v) is 8.36. The van der Waals surface area contributed by atoms with Crippen LogP contribution < -0.4 is 5.32 Å². The Morgan fingerprint density at radius 3 is 3.00 bits per heavy atom. The Kier molecular flexibility index (Phi) is 1.83. The third-order valence-electron chi connectivity index (χ3n) is 3.42. The van der Waals surface area contributed by atoms with E-state index in [0.29, 0.717) is 18.0 Å². The third kappa shape index (κ3) is 1.17. The molecule has 0 aromatic carbocycles. The highest BCUT2D eigenvalue weighted by atomic mass is 16.5. The summed E-state index contributed by atoms with van der Waals surface area (Å²) in [7, 11) is 0. The molecule has 1 aromatic rings. The molecule has 3 rings (SSSR count). The highest BCUT2D eigenvalue weighted by Gasteiger charge is 2.42. The lowest BCUT2D eigenvalue weighted by Crippen LogP contribution is -2.21. The zero-order chi connectivity index (χ0) is 9.54. The first-order valence-corrected chi connectivity index (χ1v) is 5.45. The summed E-state index contributed by atoms with van der Waals surface area (Å²) in [6, 6.07) is 1.28. The molecular weight excluding hydrogens is 178 g/mol. The second-order valence-corrected chi connectivity index (χ2v) is 4.29. The van der Waals surface area contributed by atoms with Gasteiger partial charge in [-0.2, -0.15) is 4.98 Å². The Morgan fingerprint density at radius 1 is 1.50 bits per heavy atom. The molecule has 0 spiro atoms. The standard InChI is InChI=1S/C10H15N3O/c1-2-9-12-10(14-13-9)7-5-6-3-4-8(7)11-6/h6-8,11H,2-5H2,1H3. The molecule has 2 bridgehead atoms. The Labute approximate surface area is 83.1 Å². The van der Waals surface area contributed by atoms with E-state index in [1.165, 1.54) is 19.3 Å². The largest absolute Gasteiger partial charge is 0.339 e. The van der Waals surface area contributed by atoms with Crippen LogP contribution in [0.1, 0.15) is 43.8 Å². The van der Waals surface area contributed by atoms with Crippen molar-refractivity contribution in [3.05, 3.63) is 11.7 Å². The van der Waals surface area contributed by atoms with Crippen molar-refractivity contribution >= 4 is 0 Å². The second-order valence-electron chi connectivity index (χ2n) is 4.29. The average molecular weight is 193 g/mol. The average Bonchev–Trinajstić information content (AvgIpc) is 2.93. The third-order valence-corrected chi connectivity index (χ3v) is 3.42. The lowest BCUT2D eigenvalue weighted by molar-refractivity contribution is 0.327. The van der Waals surface area contributed by atoms with Crippen molar-refractivity contribution in [2.75, 3.05) is 0 Å². The number of nitrogens with one attached hydrogen (secondary N) is 1. The van der Waals surface area contributed by atoms with Gasteiger partial charge in [0.05, 0.1) is 5.92 Å². The molecular formula is C10H15N3O. The van der Waals surface area contributed by atoms with Gasteiger partial charge in [-0.3, -0.25) is 0 Å². The van der Waals surface area contributed by atoms with Gasteiger partial charge < -0.3 is 9.84 Å². The normalized spacial score (nSPS) is 35.4. The van der Waals surface area contributed by atoms with E-state index in [1.54, 1.807) is 0 Å². The molecule has 2 aliphatic heterocycles. The van der Waals surface area contributed by atoms with Crippen LogP contribution in [0.2, 0.25) is 0 Å². The molecule has 0 aliphatic carbocycles. The molecule has 0 radical (unpaired) electrons. The number of hydrogen-bond acceptors (Lipinski definition) is 4. The van der Waals surface area contributed by atoms with Crippen molar-refractivity contribution in [2.24, 2.45) is 0 Å². The highest BCUT2D eigenvalue weighted by molar-refractivity contribution is 5.09. The lowest BCUT2D eigenvalue weighted by atomic mass is 9.89. The quantitative estimate of drug-likeness (QED) is 0.767. The summed E-state index contributed by atoms with van der Waals surface area (Å²) in [4.78, 5) is 4.41. The van der Waals surface area contributed by atoms with Gasteiger partial charge in [-0.25, -0.2) is 0 Å². The molecule has 0 amide bonds. The molecule has 3 unspecified atom stereocenters. The van der Waals surface area contributed by atoms with Gasteiger partial charge >= 0.3 is 0 Å². The summed E-state index contributed by atoms with van der Waals surface area (Å²) in [6.45, 7) is 2.05. The van der Waals surface area contributed by atoms with Crippen LogP contribution in [0.3, 0.4) is 0 Å². The van der Waals surface area contributed by atoms with Gasteiger partial charge in [-0.05, 0) is 19.3 Å². The highest BCUT2D eigenvalue weighted by Crippen LogP contribution is 2.39. The maximum Gasteiger partial charge on any atom is 0.231 e. The SMILES string of the molecule is CCc1noc(C2CC3CCC2N3)n1. The summed E-state index contributed by atoms with van der Waals surface area (Å²) in [5, 5.41) is 7.52. The van der Waals surface area contributed by atoms with E-state index in [4.69, 9.17) is 4.52 Å². The van der Waals surface area contributed by atoms with E-state index < -0.39 is 0 Å². The van der Waals surface area contributed by atoms with E-state index in [2.05, 4.69) is 15.5 Å². The first kappa shape index (κ1) is 8.41. The number of fused-ring (bicyclic) bond motifs is 2. The minimum atomic E-state index is 0.474. The summed E-state index contributed by atoms with van der Waals surface area (Å²) in [6.07, 6.45) is 4.61. The van der Waals surface area contributed by atoms with Crippen LogP contribution in [0.5, 0.6) is 0 Å². The molecule has 3 heterocycles. The Balaban J connectivity index is 1.82. The van der Waals surface area contributed by atoms with Crippen LogP contribution in [-0.4, -0.2) is 22.2 Å². The second kappa shape index (κ2) is 3.05. The summed E-state index contributed by atoms with van der Waals surface area (Å²) in [5.74, 6) is 2.16. The summed E-state index contributed by atoms with van der Waals surface area (Å²) in [5.41, 5.74) is 0. The molecule has 2 fully saturated rings. The van der Waals surface area contributed by atoms with E-state index in [9.17, 15) is 0 Å². The fraction of sp³-hybridized carbons (Fsp3) is 0.800. The van der Waals surface area contributed by atoms with Crippen molar-refractivity contribution < 1.29 is 4.52 Å². The molecule has 76 valence electrons. The first-order chi connectivity index (χ1) is 6.86. The topological polar surface area (TPSA) is 51.0 Å². The predicted molar refractivity (Wildman–Crippen MR) is 51.0 cm³/mol. The van der Waals surface area contributed by atoms with Gasteiger partial charge in [0.2, 0.25) is 5.89 Å². The number of hydrogen-bond donors (Lipinski definition) is 1. The van der Waals surface area contributed by atoms with Gasteiger partial charge in [0, 0.05) is 18.5 Å². The van der Waals surface area contributed by atoms with Gasteiger partial charge in [0.1, 0.15) is 0 Å². The number of aromatic nitrogens is 2. The number of rotatable bonds is 2. The van der Waals surface area contributed by atoms with Crippen molar-refractivity contribution in [1.29, 1.82) is 0 Å². The lowest BCUT2D eigenvalue weighted by Gasteiger charge is -2.15. The minimum absolute atomic E-state index is 0.474. The van der Waals surface area contributed by atoms with Crippen molar-refractivity contribution in [1.82, 2.24) is 15.5 Å². The fourth-order valence-electron chi connectivity index (χ4n) is 2.66. The molecule has 0 saturated carbocycles. The smallest absolute Gasteiger partial charge is 0.231 e. The van der Waals surface area contributed by atoms with Crippen LogP contribution in [0.4, 0.5) is 0 Å². The van der Waals surface area contributed by atoms with E-state index in [0.717, 1.165) is 18.1 Å². The molecule has 4 heteroatoms. The van der Waals surface area contributed by atoms with Crippen molar-refractivity contribution in [3.63, 3.8) is 0 Å². The molecule has 3 atom stereocenters. The van der Waals surface area contributed by atoms with Crippen molar-refractivity contribution in [2.45, 2.75) is 50.6 Å². The monoisotopic (exact) mass is 193 g/mol. The van der Waals surface area contributed by atoms with Gasteiger partial charge in [-0.1, -0.05) is 12.1 Å². The van der Waals surface area contributed by atoms with Crippen molar-refractivity contribution in [3.8, 4) is 0 Å². The van der Waals surface area contributed by atoms with Gasteiger partial charge in [0.25, 0.3) is 0 Å². The summed E-state index contributed by atoms with van der Waals surface area (Å²) >= 11 is 0. The van der Waals surface area contributed by atoms with Gasteiger partial charge in [-0.15, -0.1) is 0 Å².